The van der Waals surface area contributed by atoms with Crippen LogP contribution in [0.15, 0.2) is 0 Å². The summed E-state index contributed by atoms with van der Waals surface area (Å²) in [6, 6.07) is 0. The monoisotopic (exact) mass is 324 g/mol. The number of rotatable bonds is 4. The van der Waals surface area contributed by atoms with Crippen LogP contribution in [0.4, 0.5) is 13.2 Å². The van der Waals surface area contributed by atoms with Crippen LogP contribution >= 0.6 is 0 Å². The van der Waals surface area contributed by atoms with Gasteiger partial charge in [0.1, 0.15) is 6.54 Å². The summed E-state index contributed by atoms with van der Waals surface area (Å²) >= 11 is 0. The van der Waals surface area contributed by atoms with Gasteiger partial charge in [0.15, 0.2) is 5.54 Å². The largest absolute Gasteiger partial charge is 0.479 e. The fraction of sp³-hybridized carbons (Fsp3) is 0.750. The molecule has 0 radical (unpaired) electrons. The van der Waals surface area contributed by atoms with Crippen molar-refractivity contribution in [3.05, 3.63) is 0 Å². The van der Waals surface area contributed by atoms with E-state index >= 15 is 0 Å². The fourth-order valence-electron chi connectivity index (χ4n) is 2.54. The lowest BCUT2D eigenvalue weighted by molar-refractivity contribution is -0.157. The van der Waals surface area contributed by atoms with E-state index < -0.39 is 42.0 Å². The number of alkyl halides is 3. The van der Waals surface area contributed by atoms with E-state index in [4.69, 9.17) is 4.74 Å². The number of hydrogen-bond donors (Lipinski definition) is 2. The lowest BCUT2D eigenvalue weighted by atomic mass is 9.97. The van der Waals surface area contributed by atoms with Crippen LogP contribution in [0.5, 0.6) is 0 Å². The number of nitrogens with one attached hydrogen (secondary N) is 1. The number of nitrogens with zero attached hydrogens (tertiary/aromatic N) is 1. The number of carbonyl (C=O) groups excluding carboxylic acids is 2. The molecular weight excluding hydrogens is 309 g/mol. The van der Waals surface area contributed by atoms with Gasteiger partial charge < -0.3 is 20.1 Å². The molecule has 7 nitrogen and oxygen atoms in total. The third-order valence-corrected chi connectivity index (χ3v) is 3.75. The van der Waals surface area contributed by atoms with Gasteiger partial charge in [-0.1, -0.05) is 0 Å². The van der Waals surface area contributed by atoms with E-state index in [1.165, 1.54) is 0 Å². The lowest BCUT2D eigenvalue weighted by Crippen LogP contribution is -2.56. The van der Waals surface area contributed by atoms with Gasteiger partial charge in [-0.3, -0.25) is 9.59 Å². The molecule has 2 fully saturated rings. The number of hydrogen-bond acceptors (Lipinski definition) is 4. The van der Waals surface area contributed by atoms with Crippen LogP contribution < -0.4 is 5.32 Å². The van der Waals surface area contributed by atoms with Gasteiger partial charge in [0, 0.05) is 26.0 Å². The Morgan fingerprint density at radius 2 is 2.14 bits per heavy atom. The second kappa shape index (κ2) is 5.75. The fourth-order valence-corrected chi connectivity index (χ4v) is 2.54. The summed E-state index contributed by atoms with van der Waals surface area (Å²) in [5, 5.41) is 11.5. The van der Waals surface area contributed by atoms with Crippen molar-refractivity contribution in [3.63, 3.8) is 0 Å². The van der Waals surface area contributed by atoms with Gasteiger partial charge in [-0.25, -0.2) is 4.79 Å². The van der Waals surface area contributed by atoms with Gasteiger partial charge in [-0.05, 0) is 0 Å². The van der Waals surface area contributed by atoms with Crippen molar-refractivity contribution in [3.8, 4) is 0 Å². The number of amides is 2. The lowest BCUT2D eigenvalue weighted by Gasteiger charge is -2.25. The third kappa shape index (κ3) is 3.49. The van der Waals surface area contributed by atoms with Crippen molar-refractivity contribution in [2.24, 2.45) is 5.92 Å². The predicted octanol–water partition coefficient (Wildman–Crippen LogP) is -0.243. The molecule has 2 N–H and O–H groups in total. The number of carboxylic acids is 1. The molecule has 22 heavy (non-hydrogen) atoms. The van der Waals surface area contributed by atoms with E-state index in [-0.39, 0.29) is 32.6 Å². The number of carbonyl (C=O) groups is 3. The zero-order valence-electron chi connectivity index (χ0n) is 11.5. The van der Waals surface area contributed by atoms with Gasteiger partial charge in [-0.2, -0.15) is 13.2 Å². The first-order valence-electron chi connectivity index (χ1n) is 6.61. The van der Waals surface area contributed by atoms with Crippen LogP contribution in [-0.4, -0.2) is 65.8 Å². The number of halogens is 3. The van der Waals surface area contributed by atoms with Crippen LogP contribution in [0.2, 0.25) is 0 Å². The molecule has 2 saturated heterocycles. The van der Waals surface area contributed by atoms with E-state index in [1.54, 1.807) is 0 Å². The first-order valence-corrected chi connectivity index (χ1v) is 6.61. The van der Waals surface area contributed by atoms with Gasteiger partial charge in [0.05, 0.1) is 12.5 Å². The van der Waals surface area contributed by atoms with Gasteiger partial charge in [-0.15, -0.1) is 0 Å². The number of carboxylic acid groups (broad SMARTS) is 1. The molecule has 124 valence electrons. The molecule has 10 heteroatoms. The highest BCUT2D eigenvalue weighted by molar-refractivity contribution is 5.93. The quantitative estimate of drug-likeness (QED) is 0.744. The maximum atomic E-state index is 12.3. The minimum absolute atomic E-state index is 0.0704. The highest BCUT2D eigenvalue weighted by Gasteiger charge is 2.47. The molecule has 2 rings (SSSR count). The number of aliphatic carboxylic acids is 1. The molecule has 2 aliphatic heterocycles. The highest BCUT2D eigenvalue weighted by Crippen LogP contribution is 2.26. The number of ether oxygens (including phenoxy) is 1. The molecule has 2 atom stereocenters. The molecular formula is C12H15F3N2O5. The van der Waals surface area contributed by atoms with E-state index in [0.29, 0.717) is 4.90 Å². The van der Waals surface area contributed by atoms with Crippen molar-refractivity contribution in [1.29, 1.82) is 0 Å². The summed E-state index contributed by atoms with van der Waals surface area (Å²) in [7, 11) is 0. The SMILES string of the molecule is O=C(NC1(C(=O)O)CCOC1)C1CC(=O)N(CC(F)(F)F)C1. The first-order chi connectivity index (χ1) is 10.1. The summed E-state index contributed by atoms with van der Waals surface area (Å²) in [5.74, 6) is -3.78. The third-order valence-electron chi connectivity index (χ3n) is 3.75. The van der Waals surface area contributed by atoms with Crippen molar-refractivity contribution >= 4 is 17.8 Å². The van der Waals surface area contributed by atoms with Crippen LogP contribution in [0, 0.1) is 5.92 Å². The van der Waals surface area contributed by atoms with Crippen molar-refractivity contribution in [2.75, 3.05) is 26.3 Å². The van der Waals surface area contributed by atoms with Gasteiger partial charge >= 0.3 is 12.1 Å². The van der Waals surface area contributed by atoms with E-state index in [0.717, 1.165) is 0 Å². The Balaban J connectivity index is 1.99. The zero-order valence-corrected chi connectivity index (χ0v) is 11.5. The highest BCUT2D eigenvalue weighted by atomic mass is 19.4. The van der Waals surface area contributed by atoms with Crippen molar-refractivity contribution < 1.29 is 37.4 Å². The first kappa shape index (κ1) is 16.5. The topological polar surface area (TPSA) is 95.9 Å². The molecule has 2 aliphatic rings. The average molecular weight is 324 g/mol. The maximum Gasteiger partial charge on any atom is 0.406 e. The summed E-state index contributed by atoms with van der Waals surface area (Å²) in [6.45, 7) is -1.83. The summed E-state index contributed by atoms with van der Waals surface area (Å²) in [5.41, 5.74) is -1.57. The molecule has 0 spiro atoms. The van der Waals surface area contributed by atoms with Gasteiger partial charge in [0.2, 0.25) is 11.8 Å². The second-order valence-corrected chi connectivity index (χ2v) is 5.47. The zero-order chi connectivity index (χ0) is 16.5. The maximum absolute atomic E-state index is 12.3. The second-order valence-electron chi connectivity index (χ2n) is 5.47. The van der Waals surface area contributed by atoms with E-state index in [9.17, 15) is 32.7 Å². The Morgan fingerprint density at radius 1 is 1.45 bits per heavy atom. The number of likely N-dealkylation sites (tertiary alicyclic amines) is 1. The standard InChI is InChI=1S/C12H15F3N2O5/c13-12(14,15)5-17-4-7(3-8(17)18)9(19)16-11(10(20)21)1-2-22-6-11/h7H,1-6H2,(H,16,19)(H,20,21). The molecule has 0 aromatic heterocycles. The molecule has 0 aromatic carbocycles. The van der Waals surface area contributed by atoms with Crippen LogP contribution in [-0.2, 0) is 19.1 Å². The van der Waals surface area contributed by atoms with Crippen LogP contribution in [0.1, 0.15) is 12.8 Å². The Bertz CT molecular complexity index is 488. The Kier molecular flexibility index (Phi) is 4.32. The summed E-state index contributed by atoms with van der Waals surface area (Å²) < 4.78 is 41.9. The predicted molar refractivity (Wildman–Crippen MR) is 64.7 cm³/mol. The summed E-state index contributed by atoms with van der Waals surface area (Å²) in [6.07, 6.45) is -4.83. The minimum Gasteiger partial charge on any atom is -0.479 e. The molecule has 0 bridgehead atoms. The Hall–Kier alpha value is -1.84. The van der Waals surface area contributed by atoms with Crippen LogP contribution in [0.25, 0.3) is 0 Å². The van der Waals surface area contributed by atoms with Crippen molar-refractivity contribution in [2.45, 2.75) is 24.6 Å². The normalized spacial score (nSPS) is 29.0. The van der Waals surface area contributed by atoms with Gasteiger partial charge in [0.25, 0.3) is 0 Å². The average Bonchev–Trinajstić information content (AvgIpc) is 2.97. The molecule has 2 unspecified atom stereocenters. The Morgan fingerprint density at radius 3 is 2.64 bits per heavy atom. The van der Waals surface area contributed by atoms with E-state index in [2.05, 4.69) is 5.32 Å². The van der Waals surface area contributed by atoms with E-state index in [1.807, 2.05) is 0 Å². The smallest absolute Gasteiger partial charge is 0.406 e. The van der Waals surface area contributed by atoms with Crippen LogP contribution in [0.3, 0.4) is 0 Å². The summed E-state index contributed by atoms with van der Waals surface area (Å²) in [4.78, 5) is 35.4. The Labute approximate surface area is 123 Å². The molecule has 0 aliphatic carbocycles. The molecule has 0 aromatic rings. The minimum atomic E-state index is -4.54. The molecule has 0 saturated carbocycles. The molecule has 2 heterocycles. The molecule has 2 amide bonds. The van der Waals surface area contributed by atoms with Crippen molar-refractivity contribution in [1.82, 2.24) is 10.2 Å².